The molecule has 0 spiro atoms. The van der Waals surface area contributed by atoms with Crippen LogP contribution in [0.15, 0.2) is 36.7 Å². The molecule has 86 valence electrons. The molecule has 0 unspecified atom stereocenters. The zero-order chi connectivity index (χ0) is 11.7. The Morgan fingerprint density at radius 1 is 1.29 bits per heavy atom. The van der Waals surface area contributed by atoms with Crippen LogP contribution in [0.1, 0.15) is 23.2 Å². The van der Waals surface area contributed by atoms with Crippen LogP contribution >= 0.6 is 0 Å². The van der Waals surface area contributed by atoms with Gasteiger partial charge in [0.1, 0.15) is 0 Å². The normalized spacial score (nSPS) is 14.8. The summed E-state index contributed by atoms with van der Waals surface area (Å²) in [5.41, 5.74) is 0.726. The van der Waals surface area contributed by atoms with Crippen molar-refractivity contribution in [2.24, 2.45) is 5.92 Å². The van der Waals surface area contributed by atoms with Gasteiger partial charge in [-0.1, -0.05) is 6.07 Å². The molecular formula is C14H14N2O. The van der Waals surface area contributed by atoms with Crippen molar-refractivity contribution in [3.05, 3.63) is 42.2 Å². The Bertz CT molecular complexity index is 561. The Hall–Kier alpha value is -1.90. The summed E-state index contributed by atoms with van der Waals surface area (Å²) >= 11 is 0. The van der Waals surface area contributed by atoms with E-state index >= 15 is 0 Å². The van der Waals surface area contributed by atoms with Crippen molar-refractivity contribution in [1.29, 1.82) is 0 Å². The number of benzene rings is 1. The van der Waals surface area contributed by atoms with Gasteiger partial charge >= 0.3 is 0 Å². The average Bonchev–Trinajstić information content (AvgIpc) is 3.19. The predicted octanol–water partition coefficient (Wildman–Crippen LogP) is 2.37. The van der Waals surface area contributed by atoms with Gasteiger partial charge in [0, 0.05) is 29.9 Å². The summed E-state index contributed by atoms with van der Waals surface area (Å²) < 4.78 is 0. The lowest BCUT2D eigenvalue weighted by Gasteiger charge is -2.05. The quantitative estimate of drug-likeness (QED) is 0.873. The van der Waals surface area contributed by atoms with Crippen LogP contribution in [-0.2, 0) is 0 Å². The molecule has 1 saturated carbocycles. The second-order valence-corrected chi connectivity index (χ2v) is 4.59. The summed E-state index contributed by atoms with van der Waals surface area (Å²) in [5.74, 6) is 0.735. The molecular weight excluding hydrogens is 212 g/mol. The molecule has 0 aliphatic heterocycles. The number of amides is 1. The minimum absolute atomic E-state index is 0.0237. The second kappa shape index (κ2) is 4.17. The van der Waals surface area contributed by atoms with Crippen molar-refractivity contribution >= 4 is 16.7 Å². The predicted molar refractivity (Wildman–Crippen MR) is 66.8 cm³/mol. The van der Waals surface area contributed by atoms with E-state index in [1.165, 1.54) is 12.8 Å². The van der Waals surface area contributed by atoms with Gasteiger partial charge in [-0.25, -0.2) is 0 Å². The lowest BCUT2D eigenvalue weighted by molar-refractivity contribution is 0.0952. The third-order valence-corrected chi connectivity index (χ3v) is 3.15. The first-order valence-corrected chi connectivity index (χ1v) is 5.95. The van der Waals surface area contributed by atoms with E-state index in [-0.39, 0.29) is 5.91 Å². The summed E-state index contributed by atoms with van der Waals surface area (Å²) in [6.45, 7) is 0.813. The fourth-order valence-electron chi connectivity index (χ4n) is 1.89. The second-order valence-electron chi connectivity index (χ2n) is 4.59. The van der Waals surface area contributed by atoms with E-state index < -0.39 is 0 Å². The van der Waals surface area contributed by atoms with Crippen LogP contribution in [0, 0.1) is 5.92 Å². The van der Waals surface area contributed by atoms with Crippen LogP contribution in [0.3, 0.4) is 0 Å². The largest absolute Gasteiger partial charge is 0.352 e. The third-order valence-electron chi connectivity index (χ3n) is 3.15. The Kier molecular flexibility index (Phi) is 2.52. The molecule has 0 atom stereocenters. The summed E-state index contributed by atoms with van der Waals surface area (Å²) in [6.07, 6.45) is 6.06. The Balaban J connectivity index is 1.81. The van der Waals surface area contributed by atoms with Gasteiger partial charge < -0.3 is 5.32 Å². The molecule has 1 aliphatic carbocycles. The topological polar surface area (TPSA) is 42.0 Å². The fraction of sp³-hybridized carbons (Fsp3) is 0.286. The van der Waals surface area contributed by atoms with E-state index in [1.54, 1.807) is 12.4 Å². The monoisotopic (exact) mass is 226 g/mol. The number of carbonyl (C=O) groups excluding carboxylic acids is 1. The van der Waals surface area contributed by atoms with Crippen LogP contribution in [0.25, 0.3) is 10.8 Å². The highest BCUT2D eigenvalue weighted by molar-refractivity contribution is 5.98. The first-order valence-electron chi connectivity index (χ1n) is 5.95. The van der Waals surface area contributed by atoms with Gasteiger partial charge in [0.05, 0.1) is 0 Å². The number of hydrogen-bond acceptors (Lipinski definition) is 2. The van der Waals surface area contributed by atoms with Crippen molar-refractivity contribution in [1.82, 2.24) is 10.3 Å². The molecule has 3 heteroatoms. The van der Waals surface area contributed by atoms with E-state index in [1.807, 2.05) is 24.3 Å². The molecule has 1 N–H and O–H groups in total. The molecule has 1 amide bonds. The molecule has 1 fully saturated rings. The Morgan fingerprint density at radius 3 is 3.00 bits per heavy atom. The molecule has 1 aromatic heterocycles. The number of nitrogens with zero attached hydrogens (tertiary/aromatic N) is 1. The maximum absolute atomic E-state index is 11.9. The number of hydrogen-bond donors (Lipinski definition) is 1. The maximum Gasteiger partial charge on any atom is 0.251 e. The van der Waals surface area contributed by atoms with Crippen molar-refractivity contribution in [3.8, 4) is 0 Å². The zero-order valence-electron chi connectivity index (χ0n) is 9.52. The fourth-order valence-corrected chi connectivity index (χ4v) is 1.89. The number of nitrogens with one attached hydrogen (secondary N) is 1. The van der Waals surface area contributed by atoms with Crippen LogP contribution in [-0.4, -0.2) is 17.4 Å². The van der Waals surface area contributed by atoms with E-state index in [2.05, 4.69) is 10.3 Å². The summed E-state index contributed by atoms with van der Waals surface area (Å²) in [4.78, 5) is 15.9. The minimum atomic E-state index is 0.0237. The van der Waals surface area contributed by atoms with Crippen LogP contribution < -0.4 is 5.32 Å². The number of pyridine rings is 1. The van der Waals surface area contributed by atoms with Crippen molar-refractivity contribution in [2.45, 2.75) is 12.8 Å². The summed E-state index contributed by atoms with van der Waals surface area (Å²) in [7, 11) is 0. The van der Waals surface area contributed by atoms with Gasteiger partial charge in [0.2, 0.25) is 0 Å². The zero-order valence-corrected chi connectivity index (χ0v) is 9.52. The molecule has 3 nitrogen and oxygen atoms in total. The molecule has 1 aliphatic rings. The molecule has 0 saturated heterocycles. The van der Waals surface area contributed by atoms with Gasteiger partial charge in [-0.2, -0.15) is 0 Å². The SMILES string of the molecule is O=C(NCC1CC1)c1ccc2cnccc2c1. The standard InChI is InChI=1S/C14H14N2O/c17-14(16-8-10-1-2-10)12-3-4-13-9-15-6-5-11(13)7-12/h3-7,9-10H,1-2,8H2,(H,16,17). The highest BCUT2D eigenvalue weighted by atomic mass is 16.1. The van der Waals surface area contributed by atoms with Gasteiger partial charge in [-0.3, -0.25) is 9.78 Å². The van der Waals surface area contributed by atoms with Gasteiger partial charge in [-0.15, -0.1) is 0 Å². The van der Waals surface area contributed by atoms with Crippen molar-refractivity contribution in [2.75, 3.05) is 6.54 Å². The highest BCUT2D eigenvalue weighted by Crippen LogP contribution is 2.27. The van der Waals surface area contributed by atoms with Crippen molar-refractivity contribution in [3.63, 3.8) is 0 Å². The minimum Gasteiger partial charge on any atom is -0.352 e. The smallest absolute Gasteiger partial charge is 0.251 e. The van der Waals surface area contributed by atoms with Gasteiger partial charge in [-0.05, 0) is 42.3 Å². The lowest BCUT2D eigenvalue weighted by atomic mass is 10.1. The average molecular weight is 226 g/mol. The first kappa shape index (κ1) is 10.3. The van der Waals surface area contributed by atoms with Crippen LogP contribution in [0.4, 0.5) is 0 Å². The maximum atomic E-state index is 11.9. The number of fused-ring (bicyclic) bond motifs is 1. The van der Waals surface area contributed by atoms with E-state index in [4.69, 9.17) is 0 Å². The van der Waals surface area contributed by atoms with E-state index in [9.17, 15) is 4.79 Å². The Morgan fingerprint density at radius 2 is 2.18 bits per heavy atom. The van der Waals surface area contributed by atoms with E-state index in [0.717, 1.165) is 22.9 Å². The van der Waals surface area contributed by atoms with Crippen LogP contribution in [0.5, 0.6) is 0 Å². The third kappa shape index (κ3) is 2.28. The first-order chi connectivity index (χ1) is 8.33. The highest BCUT2D eigenvalue weighted by Gasteiger charge is 2.21. The molecule has 17 heavy (non-hydrogen) atoms. The van der Waals surface area contributed by atoms with Gasteiger partial charge in [0.15, 0.2) is 0 Å². The van der Waals surface area contributed by atoms with Crippen LogP contribution in [0.2, 0.25) is 0 Å². The Labute approximate surface area is 99.9 Å². The number of carbonyl (C=O) groups is 1. The molecule has 3 rings (SSSR count). The number of aromatic nitrogens is 1. The molecule has 2 aromatic rings. The van der Waals surface area contributed by atoms with Gasteiger partial charge in [0.25, 0.3) is 5.91 Å². The molecule has 1 heterocycles. The molecule has 1 aromatic carbocycles. The molecule has 0 bridgehead atoms. The van der Waals surface area contributed by atoms with E-state index in [0.29, 0.717) is 5.92 Å². The number of rotatable bonds is 3. The lowest BCUT2D eigenvalue weighted by Crippen LogP contribution is -2.25. The van der Waals surface area contributed by atoms with Crippen molar-refractivity contribution < 1.29 is 4.79 Å². The summed E-state index contributed by atoms with van der Waals surface area (Å²) in [5, 5.41) is 5.09. The summed E-state index contributed by atoms with van der Waals surface area (Å²) in [6, 6.07) is 7.63. The molecule has 0 radical (unpaired) electrons.